The molecule has 0 heterocycles. The maximum atomic E-state index is 3.78. The van der Waals surface area contributed by atoms with Crippen LogP contribution < -0.4 is 35.3 Å². The predicted octanol–water partition coefficient (Wildman–Crippen LogP) is 1.44. The first kappa shape index (κ1) is 32.2. The number of benzene rings is 3. The van der Waals surface area contributed by atoms with Gasteiger partial charge in [-0.3, -0.25) is 0 Å². The Bertz CT molecular complexity index is 1540. The molecule has 0 spiro atoms. The van der Waals surface area contributed by atoms with Crippen LogP contribution in [0.5, 0.6) is 0 Å². The van der Waals surface area contributed by atoms with E-state index in [-0.39, 0.29) is 30.2 Å². The van der Waals surface area contributed by atoms with Gasteiger partial charge >= 0.3 is 99.2 Å². The van der Waals surface area contributed by atoms with Gasteiger partial charge in [0.25, 0.3) is 0 Å². The third-order valence-electron chi connectivity index (χ3n) is 8.11. The van der Waals surface area contributed by atoms with E-state index >= 15 is 0 Å². The molecule has 40 heavy (non-hydrogen) atoms. The van der Waals surface area contributed by atoms with E-state index in [0.29, 0.717) is 0 Å². The summed E-state index contributed by atoms with van der Waals surface area (Å²) >= 11 is 1.46. The summed E-state index contributed by atoms with van der Waals surface area (Å²) in [6.45, 7) is 6.86. The Morgan fingerprint density at radius 2 is 1.48 bits per heavy atom. The molecule has 6 rings (SSSR count). The molecule has 0 fully saturated rings. The normalized spacial score (nSPS) is 15.5. The van der Waals surface area contributed by atoms with Crippen LogP contribution >= 0.6 is 0 Å². The quantitative estimate of drug-likeness (QED) is 0.358. The van der Waals surface area contributed by atoms with Crippen molar-refractivity contribution in [3.63, 3.8) is 0 Å². The molecule has 3 aliphatic carbocycles. The molecule has 0 N–H and O–H groups in total. The molecule has 3 heteroatoms. The molecule has 0 amide bonds. The van der Waals surface area contributed by atoms with E-state index in [1.165, 1.54) is 76.9 Å². The number of allylic oxidation sites excluding steroid dienone is 8. The Balaban J connectivity index is 0.000000238. The number of hydrogen-bond acceptors (Lipinski definition) is 0. The van der Waals surface area contributed by atoms with Crippen LogP contribution in [0.15, 0.2) is 126 Å². The molecule has 202 valence electrons. The fourth-order valence-corrected chi connectivity index (χ4v) is 6.58. The van der Waals surface area contributed by atoms with E-state index in [1.807, 2.05) is 0 Å². The molecule has 3 aliphatic rings. The van der Waals surface area contributed by atoms with Gasteiger partial charge in [-0.2, -0.15) is 0 Å². The molecule has 0 atom stereocenters. The molecule has 0 aromatic heterocycles. The van der Waals surface area contributed by atoms with Crippen LogP contribution in [-0.4, -0.2) is 3.21 Å². The summed E-state index contributed by atoms with van der Waals surface area (Å²) in [5.41, 5.74) is 9.92. The molecule has 0 saturated heterocycles. The number of halogens is 2. The van der Waals surface area contributed by atoms with Crippen LogP contribution in [0.3, 0.4) is 0 Å². The topological polar surface area (TPSA) is 0 Å². The Hall–Kier alpha value is -2.31. The van der Waals surface area contributed by atoms with Gasteiger partial charge < -0.3 is 24.8 Å². The summed E-state index contributed by atoms with van der Waals surface area (Å²) < 4.78 is 1.42. The number of aryl methyl sites for hydroxylation is 1. The van der Waals surface area contributed by atoms with Crippen LogP contribution in [0.25, 0.3) is 11.6 Å². The maximum absolute atomic E-state index is 3.78. The van der Waals surface area contributed by atoms with E-state index in [0.717, 1.165) is 25.7 Å². The minimum atomic E-state index is 0. The molecule has 3 aromatic carbocycles. The average molecular weight is 642 g/mol. The second-order valence-electron chi connectivity index (χ2n) is 10.1. The van der Waals surface area contributed by atoms with Crippen LogP contribution in [0.4, 0.5) is 0 Å². The molecule has 0 aliphatic heterocycles. The molecule has 0 nitrogen and oxygen atoms in total. The molecular formula is C37H35Cl2Zr-. The van der Waals surface area contributed by atoms with Gasteiger partial charge in [0.05, 0.1) is 0 Å². The van der Waals surface area contributed by atoms with E-state index in [4.69, 9.17) is 0 Å². The van der Waals surface area contributed by atoms with Crippen LogP contribution in [0, 0.1) is 5.41 Å². The van der Waals surface area contributed by atoms with Crippen molar-refractivity contribution in [2.24, 2.45) is 5.41 Å². The first-order valence-electron chi connectivity index (χ1n) is 13.9. The van der Waals surface area contributed by atoms with E-state index in [9.17, 15) is 0 Å². The summed E-state index contributed by atoms with van der Waals surface area (Å²) in [7, 11) is 0. The third kappa shape index (κ3) is 6.44. The van der Waals surface area contributed by atoms with E-state index in [1.54, 1.807) is 0 Å². The van der Waals surface area contributed by atoms with Crippen molar-refractivity contribution in [1.29, 1.82) is 0 Å². The summed E-state index contributed by atoms with van der Waals surface area (Å²) in [5, 5.41) is 2.62. The van der Waals surface area contributed by atoms with Crippen LogP contribution in [0.1, 0.15) is 56.7 Å². The van der Waals surface area contributed by atoms with Crippen molar-refractivity contribution in [2.45, 2.75) is 46.5 Å². The zero-order valence-corrected chi connectivity index (χ0v) is 27.4. The van der Waals surface area contributed by atoms with Crippen molar-refractivity contribution in [1.82, 2.24) is 0 Å². The van der Waals surface area contributed by atoms with Gasteiger partial charge in [0.1, 0.15) is 0 Å². The van der Waals surface area contributed by atoms with Gasteiger partial charge in [-0.05, 0) is 31.1 Å². The standard InChI is InChI=1S/C24H25.C13H10.2ClH.Zr/c1-4-17-11-12-20-19(15-17)16-22-21(20)13-14-24(5-2,6-3)23(22)18-9-7-8-10-18;1-3-7-12(8-4-1)11-13-9-5-2-6-10-13;;;/h7-9,11-15H,4-6,10H2,1-3H3;1-10H;2*1H;/q-1;;;;+2/p-2. The van der Waals surface area contributed by atoms with Gasteiger partial charge in [-0.1, -0.05) is 80.0 Å². The van der Waals surface area contributed by atoms with Crippen LogP contribution in [-0.2, 0) is 30.7 Å². The molecule has 0 unspecified atom stereocenters. The molecular weight excluding hydrogens is 607 g/mol. The zero-order chi connectivity index (χ0) is 26.5. The monoisotopic (exact) mass is 639 g/mol. The number of rotatable bonds is 6. The SMILES string of the molecule is CCc1ccc2c(c1)=[C-]C1=C(C3=CC=CC3)C(CC)(CC)C=CC=21.[Cl-].[Cl-].[Zr+2]=[C](c1ccccc1)c1ccccc1. The van der Waals surface area contributed by atoms with E-state index in [2.05, 4.69) is 136 Å². The van der Waals surface area contributed by atoms with Crippen LogP contribution in [0.2, 0.25) is 0 Å². The second-order valence-corrected chi connectivity index (χ2v) is 11.4. The Morgan fingerprint density at radius 1 is 0.850 bits per heavy atom. The first-order valence-corrected chi connectivity index (χ1v) is 15.1. The Kier molecular flexibility index (Phi) is 11.7. The predicted molar refractivity (Wildman–Crippen MR) is 159 cm³/mol. The summed E-state index contributed by atoms with van der Waals surface area (Å²) in [4.78, 5) is 0. The summed E-state index contributed by atoms with van der Waals surface area (Å²) in [6.07, 6.45) is 19.8. The Morgan fingerprint density at radius 3 is 2.00 bits per heavy atom. The second kappa shape index (κ2) is 14.5. The van der Waals surface area contributed by atoms with Gasteiger partial charge in [-0.25, -0.2) is 0 Å². The first-order chi connectivity index (χ1) is 18.6. The summed E-state index contributed by atoms with van der Waals surface area (Å²) in [6, 6.07) is 28.0. The van der Waals surface area contributed by atoms with Gasteiger partial charge in [0.2, 0.25) is 0 Å². The van der Waals surface area contributed by atoms with Gasteiger partial charge in [0, 0.05) is 0 Å². The Labute approximate surface area is 267 Å². The fourth-order valence-electron chi connectivity index (χ4n) is 5.76. The minimum absolute atomic E-state index is 0. The van der Waals surface area contributed by atoms with Gasteiger partial charge in [-0.15, -0.1) is 33.7 Å². The van der Waals surface area contributed by atoms with Crippen molar-refractivity contribution < 1.29 is 49.0 Å². The number of hydrogen-bond donors (Lipinski definition) is 0. The fraction of sp³-hybridized carbons (Fsp3) is 0.216. The zero-order valence-electron chi connectivity index (χ0n) is 23.5. The van der Waals surface area contributed by atoms with Crippen molar-refractivity contribution in [3.8, 4) is 0 Å². The molecule has 0 radical (unpaired) electrons. The van der Waals surface area contributed by atoms with E-state index < -0.39 is 0 Å². The summed E-state index contributed by atoms with van der Waals surface area (Å²) in [5.74, 6) is 0. The molecule has 0 bridgehead atoms. The number of fused-ring (bicyclic) bond motifs is 2. The third-order valence-corrected chi connectivity index (χ3v) is 9.53. The molecule has 3 aromatic rings. The van der Waals surface area contributed by atoms with Crippen molar-refractivity contribution >= 4 is 14.9 Å². The van der Waals surface area contributed by atoms with Gasteiger partial charge in [0.15, 0.2) is 0 Å². The van der Waals surface area contributed by atoms with Crippen molar-refractivity contribution in [2.75, 3.05) is 0 Å². The molecule has 0 saturated carbocycles. The average Bonchev–Trinajstić information content (AvgIpc) is 3.65. The van der Waals surface area contributed by atoms with Crippen molar-refractivity contribution in [3.05, 3.63) is 153 Å².